The summed E-state index contributed by atoms with van der Waals surface area (Å²) in [5.41, 5.74) is 5.88. The van der Waals surface area contributed by atoms with Gasteiger partial charge in [0.1, 0.15) is 23.3 Å². The minimum atomic E-state index is -0.170. The normalized spacial score (nSPS) is 19.1. The van der Waals surface area contributed by atoms with Crippen LogP contribution in [-0.2, 0) is 53.7 Å². The van der Waals surface area contributed by atoms with Crippen LogP contribution in [0.3, 0.4) is 0 Å². The SMILES string of the molecule is C.CC(CCl)CBr.CC1CC(c2ccccc2)(c2nnc3n2CCCCCC3)C1.COC1=NCCCCCC1.NNC(=O)Cc1ccccc1.c1ccc(Cc2nnc3n2CCCCCC3)cc1. The van der Waals surface area contributed by atoms with Crippen molar-refractivity contribution >= 4 is 39.3 Å². The number of aryl methyl sites for hydroxylation is 2. The molecule has 9 rings (SSSR count). The summed E-state index contributed by atoms with van der Waals surface area (Å²) in [5.74, 6) is 12.6. The average Bonchev–Trinajstić information content (AvgIpc) is 3.90. The van der Waals surface area contributed by atoms with Crippen LogP contribution in [0.15, 0.2) is 96.0 Å². The summed E-state index contributed by atoms with van der Waals surface area (Å²) in [6, 6.07) is 31.0. The molecule has 1 amide bonds. The first kappa shape index (κ1) is 56.2. The number of fused-ring (bicyclic) bond motifs is 2. The summed E-state index contributed by atoms with van der Waals surface area (Å²) >= 11 is 8.71. The maximum Gasteiger partial charge on any atom is 0.238 e. The van der Waals surface area contributed by atoms with Gasteiger partial charge in [0.05, 0.1) is 18.9 Å². The van der Waals surface area contributed by atoms with Gasteiger partial charge in [0, 0.05) is 56.5 Å². The van der Waals surface area contributed by atoms with Crippen LogP contribution < -0.4 is 11.3 Å². The van der Waals surface area contributed by atoms with E-state index in [-0.39, 0.29) is 18.7 Å². The lowest BCUT2D eigenvalue weighted by Crippen LogP contribution is -2.43. The van der Waals surface area contributed by atoms with Gasteiger partial charge in [0.15, 0.2) is 5.90 Å². The zero-order valence-corrected chi connectivity index (χ0v) is 42.9. The molecule has 1 atom stereocenters. The van der Waals surface area contributed by atoms with E-state index in [0.29, 0.717) is 12.3 Å². The molecule has 372 valence electrons. The van der Waals surface area contributed by atoms with Crippen LogP contribution in [0.2, 0.25) is 0 Å². The van der Waals surface area contributed by atoms with E-state index in [4.69, 9.17) is 27.3 Å². The molecule has 68 heavy (non-hydrogen) atoms. The monoisotopic (exact) mass is 1010 g/mol. The lowest BCUT2D eigenvalue weighted by molar-refractivity contribution is -0.120. The van der Waals surface area contributed by atoms with E-state index in [2.05, 4.69) is 125 Å². The highest BCUT2D eigenvalue weighted by Gasteiger charge is 2.48. The summed E-state index contributed by atoms with van der Waals surface area (Å²) in [6.45, 7) is 7.60. The van der Waals surface area contributed by atoms with Crippen LogP contribution in [0.4, 0.5) is 0 Å². The number of methoxy groups -OCH3 is 1. The van der Waals surface area contributed by atoms with E-state index >= 15 is 0 Å². The van der Waals surface area contributed by atoms with Crippen LogP contribution >= 0.6 is 27.5 Å². The quantitative estimate of drug-likeness (QED) is 0.0683. The summed E-state index contributed by atoms with van der Waals surface area (Å²) in [6.07, 6.45) is 22.4. The molecule has 0 bridgehead atoms. The Hall–Kier alpha value is -4.39. The fourth-order valence-electron chi connectivity index (χ4n) is 9.15. The summed E-state index contributed by atoms with van der Waals surface area (Å²) in [5, 5.41) is 19.0. The van der Waals surface area contributed by atoms with Crippen molar-refractivity contribution in [3.63, 3.8) is 0 Å². The summed E-state index contributed by atoms with van der Waals surface area (Å²) in [7, 11) is 1.71. The third-order valence-corrected chi connectivity index (χ3v) is 14.5. The van der Waals surface area contributed by atoms with E-state index in [0.717, 1.165) is 79.7 Å². The Morgan fingerprint density at radius 1 is 0.750 bits per heavy atom. The lowest BCUT2D eigenvalue weighted by Gasteiger charge is -2.46. The molecule has 3 aromatic carbocycles. The highest BCUT2D eigenvalue weighted by molar-refractivity contribution is 9.09. The maximum absolute atomic E-state index is 10.7. The molecule has 1 unspecified atom stereocenters. The molecule has 1 aliphatic carbocycles. The first-order valence-corrected chi connectivity index (χ1v) is 26.6. The molecule has 1 saturated carbocycles. The lowest BCUT2D eigenvalue weighted by atomic mass is 9.58. The van der Waals surface area contributed by atoms with Crippen molar-refractivity contribution in [3.05, 3.63) is 131 Å². The predicted octanol–water partition coefficient (Wildman–Crippen LogP) is 12.2. The first-order valence-electron chi connectivity index (χ1n) is 25.0. The largest absolute Gasteiger partial charge is 0.484 e. The second-order valence-corrected chi connectivity index (χ2v) is 19.5. The van der Waals surface area contributed by atoms with E-state index in [1.807, 2.05) is 30.3 Å². The first-order chi connectivity index (χ1) is 32.8. The van der Waals surface area contributed by atoms with Crippen molar-refractivity contribution in [2.75, 3.05) is 24.9 Å². The molecule has 1 fully saturated rings. The van der Waals surface area contributed by atoms with Crippen molar-refractivity contribution in [1.29, 1.82) is 0 Å². The van der Waals surface area contributed by atoms with E-state index in [1.54, 1.807) is 7.11 Å². The van der Waals surface area contributed by atoms with Crippen LogP contribution in [0.25, 0.3) is 0 Å². The number of benzene rings is 3. The highest BCUT2D eigenvalue weighted by Crippen LogP contribution is 2.51. The van der Waals surface area contributed by atoms with E-state index in [1.165, 1.54) is 118 Å². The Morgan fingerprint density at radius 2 is 1.28 bits per heavy atom. The second kappa shape index (κ2) is 31.7. The standard InChI is InChI=1S/C19H25N3.C15H19N3.C8H10N2O.C8H15NO.C4H8BrCl.CH4/c1-15-13-19(14-15,16-9-5-4-6-10-16)18-21-20-17-11-7-2-3-8-12-22(17)18;1-2-7-11-18-14(10-6-1)16-17-15(18)12-13-8-4-3-5-9-13;9-10-8(11)6-7-4-2-1-3-5-7;1-10-8-6-4-2-3-5-7-9-8;1-4(2-5)3-6;/h4-6,9-10,15H,2-3,7-8,11-14H2,1H3;3-5,8-9H,1-2,6-7,10-12H2;1-5H,6,9H2,(H,10,11);2-7H2,1H3;4H,2-3H2,1H3;1H4. The van der Waals surface area contributed by atoms with Crippen LogP contribution in [0.1, 0.15) is 158 Å². The van der Waals surface area contributed by atoms with Gasteiger partial charge in [-0.05, 0) is 79.9 Å². The minimum Gasteiger partial charge on any atom is -0.484 e. The molecule has 2 aromatic heterocycles. The van der Waals surface area contributed by atoms with Crippen molar-refractivity contribution in [2.24, 2.45) is 22.7 Å². The van der Waals surface area contributed by atoms with Gasteiger partial charge in [-0.2, -0.15) is 0 Å². The van der Waals surface area contributed by atoms with Gasteiger partial charge in [0.2, 0.25) is 5.91 Å². The number of ether oxygens (including phenoxy) is 1. The number of carbonyl (C=O) groups is 1. The molecule has 5 heterocycles. The molecule has 0 radical (unpaired) electrons. The number of carbonyl (C=O) groups excluding carboxylic acids is 1. The Labute approximate surface area is 422 Å². The maximum atomic E-state index is 10.7. The van der Waals surface area contributed by atoms with Crippen LogP contribution in [-0.4, -0.2) is 66.2 Å². The van der Waals surface area contributed by atoms with Crippen molar-refractivity contribution in [1.82, 2.24) is 35.0 Å². The third kappa shape index (κ3) is 18.2. The Bertz CT molecular complexity index is 2140. The van der Waals surface area contributed by atoms with E-state index < -0.39 is 0 Å². The average molecular weight is 1020 g/mol. The van der Waals surface area contributed by atoms with Gasteiger partial charge >= 0.3 is 0 Å². The molecule has 4 aliphatic rings. The van der Waals surface area contributed by atoms with E-state index in [9.17, 15) is 4.79 Å². The van der Waals surface area contributed by atoms with Crippen molar-refractivity contribution in [2.45, 2.75) is 162 Å². The Kier molecular flexibility index (Phi) is 26.2. The second-order valence-electron chi connectivity index (χ2n) is 18.5. The fourth-order valence-corrected chi connectivity index (χ4v) is 9.75. The van der Waals surface area contributed by atoms with Gasteiger partial charge in [-0.25, -0.2) is 5.84 Å². The van der Waals surface area contributed by atoms with Gasteiger partial charge in [-0.1, -0.05) is 167 Å². The number of hydrogen-bond acceptors (Lipinski definition) is 8. The number of rotatable bonds is 8. The third-order valence-electron chi connectivity index (χ3n) is 12.9. The van der Waals surface area contributed by atoms with Gasteiger partial charge in [0.25, 0.3) is 0 Å². The van der Waals surface area contributed by atoms with Gasteiger partial charge in [-0.15, -0.1) is 32.0 Å². The number of amides is 1. The number of nitrogens with zero attached hydrogens (tertiary/aromatic N) is 7. The molecule has 13 heteroatoms. The topological polar surface area (TPSA) is 138 Å². The van der Waals surface area contributed by atoms with Crippen LogP contribution in [0.5, 0.6) is 0 Å². The number of aromatic nitrogens is 6. The molecular formula is C55H81BrClN9O2. The number of hydrazine groups is 1. The Balaban J connectivity index is 0.000000197. The summed E-state index contributed by atoms with van der Waals surface area (Å²) < 4.78 is 9.87. The van der Waals surface area contributed by atoms with Crippen molar-refractivity contribution in [3.8, 4) is 0 Å². The number of halogens is 2. The van der Waals surface area contributed by atoms with Crippen molar-refractivity contribution < 1.29 is 9.53 Å². The zero-order valence-electron chi connectivity index (χ0n) is 40.6. The highest BCUT2D eigenvalue weighted by atomic mass is 79.9. The minimum absolute atomic E-state index is 0. The molecule has 11 nitrogen and oxygen atoms in total. The predicted molar refractivity (Wildman–Crippen MR) is 285 cm³/mol. The fraction of sp³-hybridized carbons (Fsp3) is 0.564. The number of nitrogens with two attached hydrogens (primary N) is 1. The smallest absolute Gasteiger partial charge is 0.238 e. The molecule has 0 saturated heterocycles. The summed E-state index contributed by atoms with van der Waals surface area (Å²) in [4.78, 5) is 15.0. The number of hydrogen-bond donors (Lipinski definition) is 2. The molecule has 3 N–H and O–H groups in total. The molecule has 0 spiro atoms. The molecular weight excluding hydrogens is 934 g/mol. The van der Waals surface area contributed by atoms with Crippen LogP contribution in [0, 0.1) is 11.8 Å². The zero-order chi connectivity index (χ0) is 47.5. The Morgan fingerprint density at radius 3 is 1.84 bits per heavy atom. The number of nitrogens with one attached hydrogen (secondary N) is 1. The molecule has 5 aromatic rings. The molecule has 3 aliphatic heterocycles. The van der Waals surface area contributed by atoms with Gasteiger partial charge in [-0.3, -0.25) is 15.2 Å². The van der Waals surface area contributed by atoms with Gasteiger partial charge < -0.3 is 13.9 Å². The number of alkyl halides is 2. The number of aliphatic imine (C=N–C) groups is 1.